The summed E-state index contributed by atoms with van der Waals surface area (Å²) >= 11 is 0. The highest BCUT2D eigenvalue weighted by Crippen LogP contribution is 2.37. The summed E-state index contributed by atoms with van der Waals surface area (Å²) in [7, 11) is 0. The molecule has 2 N–H and O–H groups in total. The summed E-state index contributed by atoms with van der Waals surface area (Å²) in [5.74, 6) is -0.307. The lowest BCUT2D eigenvalue weighted by Gasteiger charge is -2.23. The van der Waals surface area contributed by atoms with E-state index in [0.717, 1.165) is 19.3 Å². The van der Waals surface area contributed by atoms with Gasteiger partial charge in [-0.1, -0.05) is 6.92 Å². The minimum atomic E-state index is -0.870. The molecule has 6 heteroatoms. The van der Waals surface area contributed by atoms with Gasteiger partial charge in [-0.05, 0) is 25.2 Å². The van der Waals surface area contributed by atoms with E-state index in [2.05, 4.69) is 5.32 Å². The molecule has 0 aromatic rings. The predicted molar refractivity (Wildman–Crippen MR) is 71.9 cm³/mol. The summed E-state index contributed by atoms with van der Waals surface area (Å²) in [5.41, 5.74) is 0. The standard InChI is InChI=1S/C14H22N2O4/c1-9-7-11(9)14(20)15-5-4-12(17)16-6-2-3-10(16)8-13(18)19/h9-11H,2-8H2,1H3,(H,15,20)(H,18,19). The summed E-state index contributed by atoms with van der Waals surface area (Å²) in [5, 5.41) is 11.6. The monoisotopic (exact) mass is 282 g/mol. The van der Waals surface area contributed by atoms with E-state index in [1.54, 1.807) is 4.90 Å². The average molecular weight is 282 g/mol. The molecular formula is C14H22N2O4. The molecule has 2 amide bonds. The van der Waals surface area contributed by atoms with Crippen LogP contribution in [-0.4, -0.2) is 46.9 Å². The van der Waals surface area contributed by atoms with Gasteiger partial charge in [0.05, 0.1) is 6.42 Å². The van der Waals surface area contributed by atoms with Crippen molar-refractivity contribution in [3.8, 4) is 0 Å². The van der Waals surface area contributed by atoms with E-state index in [1.807, 2.05) is 6.92 Å². The molecule has 2 rings (SSSR count). The van der Waals surface area contributed by atoms with Gasteiger partial charge < -0.3 is 15.3 Å². The van der Waals surface area contributed by atoms with Gasteiger partial charge in [0.1, 0.15) is 0 Å². The van der Waals surface area contributed by atoms with Crippen molar-refractivity contribution in [3.63, 3.8) is 0 Å². The molecular weight excluding hydrogens is 260 g/mol. The van der Waals surface area contributed by atoms with Crippen molar-refractivity contribution in [2.24, 2.45) is 11.8 Å². The van der Waals surface area contributed by atoms with Crippen LogP contribution in [0, 0.1) is 11.8 Å². The van der Waals surface area contributed by atoms with E-state index in [4.69, 9.17) is 5.11 Å². The topological polar surface area (TPSA) is 86.7 Å². The number of hydrogen-bond donors (Lipinski definition) is 2. The molecule has 2 fully saturated rings. The van der Waals surface area contributed by atoms with E-state index < -0.39 is 5.97 Å². The van der Waals surface area contributed by atoms with E-state index in [9.17, 15) is 14.4 Å². The summed E-state index contributed by atoms with van der Waals surface area (Å²) in [6.07, 6.45) is 2.81. The first-order valence-corrected chi connectivity index (χ1v) is 7.28. The molecule has 6 nitrogen and oxygen atoms in total. The number of aliphatic carboxylic acids is 1. The van der Waals surface area contributed by atoms with Crippen molar-refractivity contribution < 1.29 is 19.5 Å². The SMILES string of the molecule is CC1CC1C(=O)NCCC(=O)N1CCCC1CC(=O)O. The van der Waals surface area contributed by atoms with Gasteiger partial charge in [0.15, 0.2) is 0 Å². The van der Waals surface area contributed by atoms with Gasteiger partial charge in [-0.2, -0.15) is 0 Å². The maximum absolute atomic E-state index is 12.1. The normalized spacial score (nSPS) is 28.2. The molecule has 3 atom stereocenters. The fraction of sp³-hybridized carbons (Fsp3) is 0.786. The first kappa shape index (κ1) is 14.8. The van der Waals surface area contributed by atoms with Crippen molar-refractivity contribution in [1.82, 2.24) is 10.2 Å². The lowest BCUT2D eigenvalue weighted by molar-refractivity contribution is -0.139. The molecule has 0 spiro atoms. The highest BCUT2D eigenvalue weighted by molar-refractivity contribution is 5.82. The van der Waals surface area contributed by atoms with Crippen LogP contribution < -0.4 is 5.32 Å². The number of nitrogens with zero attached hydrogens (tertiary/aromatic N) is 1. The second-order valence-corrected chi connectivity index (χ2v) is 5.84. The number of rotatable bonds is 6. The Morgan fingerprint density at radius 2 is 2.05 bits per heavy atom. The number of carbonyl (C=O) groups excluding carboxylic acids is 2. The van der Waals surface area contributed by atoms with Gasteiger partial charge in [-0.3, -0.25) is 14.4 Å². The van der Waals surface area contributed by atoms with Crippen LogP contribution in [0.25, 0.3) is 0 Å². The molecule has 2 aliphatic rings. The highest BCUT2D eigenvalue weighted by atomic mass is 16.4. The third kappa shape index (κ3) is 3.71. The molecule has 1 saturated carbocycles. The second kappa shape index (κ2) is 6.24. The molecule has 0 aromatic carbocycles. The summed E-state index contributed by atoms with van der Waals surface area (Å²) in [4.78, 5) is 36.1. The first-order chi connectivity index (χ1) is 9.49. The van der Waals surface area contributed by atoms with Crippen molar-refractivity contribution in [3.05, 3.63) is 0 Å². The molecule has 3 unspecified atom stereocenters. The summed E-state index contributed by atoms with van der Waals surface area (Å²) in [6.45, 7) is 3.01. The van der Waals surface area contributed by atoms with Crippen LogP contribution in [0.3, 0.4) is 0 Å². The Balaban J connectivity index is 1.71. The Bertz CT molecular complexity index is 410. The first-order valence-electron chi connectivity index (χ1n) is 7.28. The Morgan fingerprint density at radius 1 is 1.35 bits per heavy atom. The van der Waals surface area contributed by atoms with Gasteiger partial charge in [0.2, 0.25) is 11.8 Å². The van der Waals surface area contributed by atoms with Crippen LogP contribution in [0.4, 0.5) is 0 Å². The third-order valence-corrected chi connectivity index (χ3v) is 4.19. The van der Waals surface area contributed by atoms with Crippen LogP contribution in [0.5, 0.6) is 0 Å². The van der Waals surface area contributed by atoms with E-state index in [-0.39, 0.29) is 36.6 Å². The van der Waals surface area contributed by atoms with Crippen LogP contribution in [-0.2, 0) is 14.4 Å². The van der Waals surface area contributed by atoms with Crippen molar-refractivity contribution >= 4 is 17.8 Å². The molecule has 1 aliphatic heterocycles. The molecule has 0 aromatic heterocycles. The number of carboxylic acids is 1. The molecule has 1 aliphatic carbocycles. The molecule has 0 bridgehead atoms. The van der Waals surface area contributed by atoms with Crippen molar-refractivity contribution in [1.29, 1.82) is 0 Å². The van der Waals surface area contributed by atoms with Crippen LogP contribution in [0.2, 0.25) is 0 Å². The van der Waals surface area contributed by atoms with Gasteiger partial charge in [0.25, 0.3) is 0 Å². The largest absolute Gasteiger partial charge is 0.481 e. The third-order valence-electron chi connectivity index (χ3n) is 4.19. The smallest absolute Gasteiger partial charge is 0.305 e. The number of amides is 2. The van der Waals surface area contributed by atoms with Gasteiger partial charge in [-0.15, -0.1) is 0 Å². The predicted octanol–water partition coefficient (Wildman–Crippen LogP) is 0.614. The minimum Gasteiger partial charge on any atom is -0.481 e. The van der Waals surface area contributed by atoms with E-state index in [1.165, 1.54) is 0 Å². The van der Waals surface area contributed by atoms with Gasteiger partial charge in [0, 0.05) is 31.5 Å². The van der Waals surface area contributed by atoms with Crippen molar-refractivity contribution in [2.45, 2.75) is 45.1 Å². The fourth-order valence-electron chi connectivity index (χ4n) is 2.83. The zero-order valence-electron chi connectivity index (χ0n) is 11.8. The Labute approximate surface area is 118 Å². The maximum Gasteiger partial charge on any atom is 0.305 e. The lowest BCUT2D eigenvalue weighted by Crippen LogP contribution is -2.39. The van der Waals surface area contributed by atoms with Crippen molar-refractivity contribution in [2.75, 3.05) is 13.1 Å². The van der Waals surface area contributed by atoms with Gasteiger partial charge in [-0.25, -0.2) is 0 Å². The molecule has 1 heterocycles. The molecule has 20 heavy (non-hydrogen) atoms. The maximum atomic E-state index is 12.1. The highest BCUT2D eigenvalue weighted by Gasteiger charge is 2.39. The van der Waals surface area contributed by atoms with E-state index >= 15 is 0 Å². The summed E-state index contributed by atoms with van der Waals surface area (Å²) in [6, 6.07) is -0.181. The number of nitrogens with one attached hydrogen (secondary N) is 1. The quantitative estimate of drug-likeness (QED) is 0.747. The number of carboxylic acid groups (broad SMARTS) is 1. The average Bonchev–Trinajstić information content (AvgIpc) is 2.93. The minimum absolute atomic E-state index is 0.0116. The second-order valence-electron chi connectivity index (χ2n) is 5.84. The van der Waals surface area contributed by atoms with Crippen LogP contribution in [0.1, 0.15) is 39.0 Å². The number of likely N-dealkylation sites (tertiary alicyclic amines) is 1. The Morgan fingerprint density at radius 3 is 2.65 bits per heavy atom. The summed E-state index contributed by atoms with van der Waals surface area (Å²) < 4.78 is 0. The van der Waals surface area contributed by atoms with Crippen LogP contribution in [0.15, 0.2) is 0 Å². The molecule has 112 valence electrons. The molecule has 1 saturated heterocycles. The number of carbonyl (C=O) groups is 3. The lowest BCUT2D eigenvalue weighted by atomic mass is 10.1. The van der Waals surface area contributed by atoms with Gasteiger partial charge >= 0.3 is 5.97 Å². The number of hydrogen-bond acceptors (Lipinski definition) is 3. The zero-order valence-corrected chi connectivity index (χ0v) is 11.8. The molecule has 0 radical (unpaired) electrons. The zero-order chi connectivity index (χ0) is 14.7. The van der Waals surface area contributed by atoms with E-state index in [0.29, 0.717) is 19.0 Å². The Hall–Kier alpha value is -1.59. The van der Waals surface area contributed by atoms with Crippen LogP contribution >= 0.6 is 0 Å². The fourth-order valence-corrected chi connectivity index (χ4v) is 2.83. The Kier molecular flexibility index (Phi) is 4.62.